The van der Waals surface area contributed by atoms with Crippen LogP contribution in [0.15, 0.2) is 18.3 Å². The molecule has 3 N–H and O–H groups in total. The fraction of sp³-hybridized carbons (Fsp3) is 0.385. The highest BCUT2D eigenvalue weighted by atomic mass is 16.4. The van der Waals surface area contributed by atoms with Gasteiger partial charge in [-0.25, -0.2) is 14.6 Å². The number of likely N-dealkylation sites (N-methyl/N-ethyl adjacent to an activating group) is 1. The van der Waals surface area contributed by atoms with E-state index in [9.17, 15) is 14.4 Å². The number of urea groups is 1. The van der Waals surface area contributed by atoms with Crippen molar-refractivity contribution in [2.75, 3.05) is 25.5 Å². The molecule has 0 aliphatic carbocycles. The van der Waals surface area contributed by atoms with E-state index in [4.69, 9.17) is 5.11 Å². The first-order valence-electron chi connectivity index (χ1n) is 6.43. The van der Waals surface area contributed by atoms with Crippen LogP contribution in [0.4, 0.5) is 10.5 Å². The van der Waals surface area contributed by atoms with Crippen LogP contribution in [-0.4, -0.2) is 53.0 Å². The fourth-order valence-electron chi connectivity index (χ4n) is 1.57. The number of aromatic carboxylic acids is 1. The lowest BCUT2D eigenvalue weighted by molar-refractivity contribution is -0.121. The highest BCUT2D eigenvalue weighted by Gasteiger charge is 2.16. The monoisotopic (exact) mass is 294 g/mol. The Morgan fingerprint density at radius 1 is 1.33 bits per heavy atom. The Kier molecular flexibility index (Phi) is 6.12. The number of anilines is 1. The topological polar surface area (TPSA) is 112 Å². The lowest BCUT2D eigenvalue weighted by Crippen LogP contribution is -2.42. The molecule has 0 unspecified atom stereocenters. The van der Waals surface area contributed by atoms with E-state index in [2.05, 4.69) is 15.6 Å². The molecule has 0 aliphatic rings. The molecule has 0 saturated carbocycles. The summed E-state index contributed by atoms with van der Waals surface area (Å²) >= 11 is 0. The molecule has 0 aromatic carbocycles. The second kappa shape index (κ2) is 7.83. The van der Waals surface area contributed by atoms with Gasteiger partial charge in [-0.1, -0.05) is 6.92 Å². The van der Waals surface area contributed by atoms with Gasteiger partial charge in [-0.3, -0.25) is 4.79 Å². The maximum Gasteiger partial charge on any atom is 0.354 e. The largest absolute Gasteiger partial charge is 0.477 e. The van der Waals surface area contributed by atoms with Crippen molar-refractivity contribution in [2.45, 2.75) is 13.3 Å². The number of carbonyl (C=O) groups is 3. The first-order valence-corrected chi connectivity index (χ1v) is 6.43. The Labute approximate surface area is 122 Å². The van der Waals surface area contributed by atoms with Gasteiger partial charge in [0.15, 0.2) is 0 Å². The standard InChI is InChI=1S/C13H18N4O4/c1-3-6-17(8-11(18)14-2)13(21)16-9-4-5-10(12(19)20)15-7-9/h4-5,7H,3,6,8H2,1-2H3,(H,14,18)(H,16,21)(H,19,20). The predicted molar refractivity (Wildman–Crippen MR) is 76.1 cm³/mol. The molecule has 0 bridgehead atoms. The van der Waals surface area contributed by atoms with Crippen molar-refractivity contribution in [3.63, 3.8) is 0 Å². The van der Waals surface area contributed by atoms with Gasteiger partial charge < -0.3 is 20.6 Å². The van der Waals surface area contributed by atoms with Crippen molar-refractivity contribution < 1.29 is 19.5 Å². The number of hydrogen-bond acceptors (Lipinski definition) is 4. The zero-order valence-electron chi connectivity index (χ0n) is 11.9. The number of carbonyl (C=O) groups excluding carboxylic acids is 2. The fourth-order valence-corrected chi connectivity index (χ4v) is 1.57. The van der Waals surface area contributed by atoms with E-state index in [-0.39, 0.29) is 18.1 Å². The Hall–Kier alpha value is -2.64. The van der Waals surface area contributed by atoms with Crippen LogP contribution < -0.4 is 10.6 Å². The smallest absolute Gasteiger partial charge is 0.354 e. The summed E-state index contributed by atoms with van der Waals surface area (Å²) in [5, 5.41) is 13.8. The summed E-state index contributed by atoms with van der Waals surface area (Å²) in [7, 11) is 1.50. The van der Waals surface area contributed by atoms with Gasteiger partial charge >= 0.3 is 12.0 Å². The van der Waals surface area contributed by atoms with Crippen LogP contribution in [-0.2, 0) is 4.79 Å². The third kappa shape index (κ3) is 5.09. The number of hydrogen-bond donors (Lipinski definition) is 3. The van der Waals surface area contributed by atoms with Crippen LogP contribution in [0.3, 0.4) is 0 Å². The number of rotatable bonds is 6. The Balaban J connectivity index is 2.71. The molecular formula is C13H18N4O4. The number of carboxylic acids is 1. The number of aromatic nitrogens is 1. The molecule has 1 aromatic rings. The van der Waals surface area contributed by atoms with Gasteiger partial charge in [0.1, 0.15) is 12.2 Å². The van der Waals surface area contributed by atoms with Crippen molar-refractivity contribution in [1.29, 1.82) is 0 Å². The molecule has 1 rings (SSSR count). The van der Waals surface area contributed by atoms with Gasteiger partial charge in [0, 0.05) is 13.6 Å². The maximum atomic E-state index is 12.1. The van der Waals surface area contributed by atoms with Crippen LogP contribution in [0, 0.1) is 0 Å². The molecule has 1 aromatic heterocycles. The maximum absolute atomic E-state index is 12.1. The lowest BCUT2D eigenvalue weighted by atomic mass is 10.3. The second-order valence-electron chi connectivity index (χ2n) is 4.26. The number of nitrogens with one attached hydrogen (secondary N) is 2. The van der Waals surface area contributed by atoms with E-state index >= 15 is 0 Å². The van der Waals surface area contributed by atoms with Gasteiger partial charge in [0.2, 0.25) is 5.91 Å². The molecule has 8 nitrogen and oxygen atoms in total. The van der Waals surface area contributed by atoms with Gasteiger partial charge in [-0.2, -0.15) is 0 Å². The van der Waals surface area contributed by atoms with Crippen molar-refractivity contribution in [1.82, 2.24) is 15.2 Å². The van der Waals surface area contributed by atoms with Crippen LogP contribution in [0.5, 0.6) is 0 Å². The second-order valence-corrected chi connectivity index (χ2v) is 4.26. The summed E-state index contributed by atoms with van der Waals surface area (Å²) in [6.07, 6.45) is 1.96. The van der Waals surface area contributed by atoms with E-state index < -0.39 is 12.0 Å². The lowest BCUT2D eigenvalue weighted by Gasteiger charge is -2.21. The average molecular weight is 294 g/mol. The SMILES string of the molecule is CCCN(CC(=O)NC)C(=O)Nc1ccc(C(=O)O)nc1. The highest BCUT2D eigenvalue weighted by molar-refractivity contribution is 5.92. The summed E-state index contributed by atoms with van der Waals surface area (Å²) in [5.74, 6) is -1.40. The van der Waals surface area contributed by atoms with Gasteiger partial charge in [-0.15, -0.1) is 0 Å². The molecule has 0 atom stereocenters. The highest BCUT2D eigenvalue weighted by Crippen LogP contribution is 2.08. The molecule has 3 amide bonds. The summed E-state index contributed by atoms with van der Waals surface area (Å²) in [4.78, 5) is 39.2. The first-order chi connectivity index (χ1) is 9.97. The van der Waals surface area contributed by atoms with E-state index in [1.54, 1.807) is 0 Å². The molecule has 1 heterocycles. The minimum absolute atomic E-state index is 0.0448. The third-order valence-corrected chi connectivity index (χ3v) is 2.63. The predicted octanol–water partition coefficient (Wildman–Crippen LogP) is 0.770. The molecular weight excluding hydrogens is 276 g/mol. The van der Waals surface area contributed by atoms with Crippen LogP contribution in [0.2, 0.25) is 0 Å². The Bertz CT molecular complexity index is 515. The van der Waals surface area contributed by atoms with Gasteiger partial charge in [-0.05, 0) is 18.6 Å². The quantitative estimate of drug-likeness (QED) is 0.717. The minimum Gasteiger partial charge on any atom is -0.477 e. The summed E-state index contributed by atoms with van der Waals surface area (Å²) in [5.41, 5.74) is 0.256. The van der Waals surface area contributed by atoms with Crippen LogP contribution >= 0.6 is 0 Å². The molecule has 114 valence electrons. The molecule has 8 heteroatoms. The van der Waals surface area contributed by atoms with E-state index in [1.165, 1.54) is 30.3 Å². The number of amides is 3. The summed E-state index contributed by atoms with van der Waals surface area (Å²) in [6.45, 7) is 2.28. The summed E-state index contributed by atoms with van der Waals surface area (Å²) < 4.78 is 0. The molecule has 0 saturated heterocycles. The Morgan fingerprint density at radius 3 is 2.52 bits per heavy atom. The average Bonchev–Trinajstić information content (AvgIpc) is 2.47. The van der Waals surface area contributed by atoms with Crippen LogP contribution in [0.1, 0.15) is 23.8 Å². The van der Waals surface area contributed by atoms with Gasteiger partial charge in [0.25, 0.3) is 0 Å². The third-order valence-electron chi connectivity index (χ3n) is 2.63. The van der Waals surface area contributed by atoms with Crippen molar-refractivity contribution in [3.8, 4) is 0 Å². The molecule has 0 spiro atoms. The zero-order valence-corrected chi connectivity index (χ0v) is 11.9. The normalized spacial score (nSPS) is 9.81. The molecule has 21 heavy (non-hydrogen) atoms. The number of pyridine rings is 1. The van der Waals surface area contributed by atoms with Crippen LogP contribution in [0.25, 0.3) is 0 Å². The molecule has 0 fully saturated rings. The molecule has 0 radical (unpaired) electrons. The van der Waals surface area contributed by atoms with Crippen molar-refractivity contribution >= 4 is 23.6 Å². The summed E-state index contributed by atoms with van der Waals surface area (Å²) in [6, 6.07) is 2.30. The van der Waals surface area contributed by atoms with Crippen molar-refractivity contribution in [3.05, 3.63) is 24.0 Å². The molecule has 0 aliphatic heterocycles. The van der Waals surface area contributed by atoms with Gasteiger partial charge in [0.05, 0.1) is 11.9 Å². The van der Waals surface area contributed by atoms with E-state index in [0.29, 0.717) is 18.7 Å². The minimum atomic E-state index is -1.14. The Morgan fingerprint density at radius 2 is 2.05 bits per heavy atom. The number of carboxylic acid groups (broad SMARTS) is 1. The van der Waals surface area contributed by atoms with Crippen molar-refractivity contribution in [2.24, 2.45) is 0 Å². The van der Waals surface area contributed by atoms with E-state index in [1.807, 2.05) is 6.92 Å². The first kappa shape index (κ1) is 16.4. The zero-order chi connectivity index (χ0) is 15.8. The van der Waals surface area contributed by atoms with E-state index in [0.717, 1.165) is 0 Å². The number of nitrogens with zero attached hydrogens (tertiary/aromatic N) is 2.